The van der Waals surface area contributed by atoms with Crippen LogP contribution >= 0.6 is 0 Å². The van der Waals surface area contributed by atoms with Crippen molar-refractivity contribution in [3.63, 3.8) is 0 Å². The zero-order valence-electron chi connectivity index (χ0n) is 13.7. The monoisotopic (exact) mass is 356 g/mol. The number of carbonyl (C=O) groups excluding carboxylic acids is 1. The van der Waals surface area contributed by atoms with Gasteiger partial charge in [0.1, 0.15) is 6.61 Å². The van der Waals surface area contributed by atoms with Crippen molar-refractivity contribution in [2.75, 3.05) is 6.61 Å². The summed E-state index contributed by atoms with van der Waals surface area (Å²) in [5, 5.41) is 26.5. The van der Waals surface area contributed by atoms with Gasteiger partial charge in [0.25, 0.3) is 11.6 Å². The van der Waals surface area contributed by atoms with Crippen LogP contribution in [0.15, 0.2) is 41.5 Å². The average molecular weight is 356 g/mol. The molecule has 0 spiro atoms. The molecule has 0 saturated heterocycles. The molecular weight excluding hydrogens is 342 g/mol. The summed E-state index contributed by atoms with van der Waals surface area (Å²) in [5.74, 6) is 0.0206. The van der Waals surface area contributed by atoms with Gasteiger partial charge in [0.05, 0.1) is 11.1 Å². The van der Waals surface area contributed by atoms with Gasteiger partial charge in [-0.25, -0.2) is 5.43 Å². The maximum absolute atomic E-state index is 12.1. The van der Waals surface area contributed by atoms with Crippen molar-refractivity contribution in [3.8, 4) is 17.2 Å². The fourth-order valence-electron chi connectivity index (χ4n) is 2.37. The predicted molar refractivity (Wildman–Crippen MR) is 89.4 cm³/mol. The van der Waals surface area contributed by atoms with Crippen molar-refractivity contribution < 1.29 is 24.3 Å². The van der Waals surface area contributed by atoms with Gasteiger partial charge < -0.3 is 14.6 Å². The average Bonchev–Trinajstić information content (AvgIpc) is 2.64. The largest absolute Gasteiger partial charge is 0.872 e. The molecule has 0 aromatic heterocycles. The van der Waals surface area contributed by atoms with E-state index >= 15 is 0 Å². The SMILES string of the molecule is Cc1cc([N+](=O)[O-])cc(/C=N/NC(=O)[C@H]2COc3ccccc3O2)c1[O-]. The Morgan fingerprint density at radius 3 is 2.81 bits per heavy atom. The standard InChI is InChI=1S/C17H15N3O6/c1-10-6-12(20(23)24)7-11(16(10)21)8-18-19-17(22)15-9-25-13-4-2-3-5-14(13)26-15/h2-8,15,21H,9H2,1H3,(H,19,22)/p-1/b18-8+/t15-/m1/s1. The summed E-state index contributed by atoms with van der Waals surface area (Å²) in [4.78, 5) is 22.4. The molecule has 1 N–H and O–H groups in total. The second kappa shape index (κ2) is 7.09. The molecule has 1 amide bonds. The minimum Gasteiger partial charge on any atom is -0.872 e. The van der Waals surface area contributed by atoms with Crippen LogP contribution in [0.4, 0.5) is 5.69 Å². The summed E-state index contributed by atoms with van der Waals surface area (Å²) in [6, 6.07) is 9.22. The summed E-state index contributed by atoms with van der Waals surface area (Å²) in [6.07, 6.45) is 0.165. The zero-order valence-corrected chi connectivity index (χ0v) is 13.7. The summed E-state index contributed by atoms with van der Waals surface area (Å²) in [6.45, 7) is 1.48. The molecule has 0 aliphatic carbocycles. The van der Waals surface area contributed by atoms with E-state index in [1.807, 2.05) is 0 Å². The van der Waals surface area contributed by atoms with Crippen LogP contribution in [0.3, 0.4) is 0 Å². The van der Waals surface area contributed by atoms with E-state index in [0.29, 0.717) is 11.5 Å². The van der Waals surface area contributed by atoms with Gasteiger partial charge >= 0.3 is 0 Å². The van der Waals surface area contributed by atoms with Crippen LogP contribution in [0.25, 0.3) is 0 Å². The van der Waals surface area contributed by atoms with Crippen molar-refractivity contribution in [1.29, 1.82) is 0 Å². The first kappa shape index (κ1) is 17.2. The highest BCUT2D eigenvalue weighted by Crippen LogP contribution is 2.30. The highest BCUT2D eigenvalue weighted by Gasteiger charge is 2.27. The third-order valence-electron chi connectivity index (χ3n) is 3.68. The Hall–Kier alpha value is -3.62. The van der Waals surface area contributed by atoms with Crippen molar-refractivity contribution in [2.45, 2.75) is 13.0 Å². The smallest absolute Gasteiger partial charge is 0.284 e. The highest BCUT2D eigenvalue weighted by molar-refractivity contribution is 5.87. The first-order valence-electron chi connectivity index (χ1n) is 7.63. The lowest BCUT2D eigenvalue weighted by Crippen LogP contribution is -2.42. The molecule has 9 heteroatoms. The molecule has 1 heterocycles. The number of amides is 1. The first-order valence-corrected chi connectivity index (χ1v) is 7.63. The van der Waals surface area contributed by atoms with E-state index in [4.69, 9.17) is 9.47 Å². The lowest BCUT2D eigenvalue weighted by atomic mass is 10.1. The van der Waals surface area contributed by atoms with Crippen molar-refractivity contribution in [3.05, 3.63) is 57.6 Å². The van der Waals surface area contributed by atoms with Crippen molar-refractivity contribution in [2.24, 2.45) is 5.10 Å². The summed E-state index contributed by atoms with van der Waals surface area (Å²) in [5.41, 5.74) is 2.24. The molecule has 9 nitrogen and oxygen atoms in total. The minimum absolute atomic E-state index is 0.00292. The summed E-state index contributed by atoms with van der Waals surface area (Å²) >= 11 is 0. The Morgan fingerprint density at radius 1 is 1.35 bits per heavy atom. The number of hydrazone groups is 1. The normalized spacial score (nSPS) is 15.7. The number of ether oxygens (including phenoxy) is 2. The van der Waals surface area contributed by atoms with E-state index in [1.54, 1.807) is 24.3 Å². The molecule has 0 unspecified atom stereocenters. The number of rotatable bonds is 4. The number of aryl methyl sites for hydroxylation is 1. The molecule has 2 aromatic rings. The quantitative estimate of drug-likeness (QED) is 0.499. The fraction of sp³-hybridized carbons (Fsp3) is 0.176. The predicted octanol–water partition coefficient (Wildman–Crippen LogP) is 1.27. The molecule has 26 heavy (non-hydrogen) atoms. The molecule has 1 aliphatic rings. The Bertz CT molecular complexity index is 896. The number of para-hydroxylation sites is 2. The maximum atomic E-state index is 12.1. The van der Waals surface area contributed by atoms with Gasteiger partial charge in [-0.2, -0.15) is 5.10 Å². The number of nitro benzene ring substituents is 1. The highest BCUT2D eigenvalue weighted by atomic mass is 16.6. The van der Waals surface area contributed by atoms with E-state index in [2.05, 4.69) is 10.5 Å². The number of carbonyl (C=O) groups is 1. The number of hydrogen-bond acceptors (Lipinski definition) is 7. The zero-order chi connectivity index (χ0) is 18.7. The van der Waals surface area contributed by atoms with Crippen LogP contribution in [0.2, 0.25) is 0 Å². The number of fused-ring (bicyclic) bond motifs is 1. The van der Waals surface area contributed by atoms with Gasteiger partial charge in [0, 0.05) is 12.1 Å². The van der Waals surface area contributed by atoms with Crippen LogP contribution in [-0.2, 0) is 4.79 Å². The van der Waals surface area contributed by atoms with E-state index in [0.717, 1.165) is 12.3 Å². The second-order valence-corrected chi connectivity index (χ2v) is 5.54. The molecule has 134 valence electrons. The van der Waals surface area contributed by atoms with E-state index in [9.17, 15) is 20.0 Å². The molecule has 1 atom stereocenters. The minimum atomic E-state index is -0.902. The Kier molecular flexibility index (Phi) is 4.70. The van der Waals surface area contributed by atoms with Gasteiger partial charge in [-0.05, 0) is 24.6 Å². The molecule has 0 radical (unpaired) electrons. The Labute approximate surface area is 148 Å². The molecule has 3 rings (SSSR count). The Morgan fingerprint density at radius 2 is 2.08 bits per heavy atom. The molecule has 0 saturated carbocycles. The molecule has 1 aliphatic heterocycles. The maximum Gasteiger partial charge on any atom is 0.284 e. The van der Waals surface area contributed by atoms with Crippen LogP contribution in [-0.4, -0.2) is 29.8 Å². The second-order valence-electron chi connectivity index (χ2n) is 5.54. The molecule has 0 bridgehead atoms. The number of non-ortho nitro benzene ring substituents is 1. The summed E-state index contributed by atoms with van der Waals surface area (Å²) < 4.78 is 11.0. The lowest BCUT2D eigenvalue weighted by Gasteiger charge is -2.24. The first-order chi connectivity index (χ1) is 12.5. The van der Waals surface area contributed by atoms with Gasteiger partial charge in [-0.3, -0.25) is 14.9 Å². The van der Waals surface area contributed by atoms with Crippen molar-refractivity contribution >= 4 is 17.8 Å². The number of nitrogens with zero attached hydrogens (tertiary/aromatic N) is 2. The van der Waals surface area contributed by atoms with E-state index < -0.39 is 22.7 Å². The van der Waals surface area contributed by atoms with Crippen LogP contribution in [0.1, 0.15) is 11.1 Å². The third kappa shape index (κ3) is 3.56. The third-order valence-corrected chi connectivity index (χ3v) is 3.68. The lowest BCUT2D eigenvalue weighted by molar-refractivity contribution is -0.385. The molecule has 0 fully saturated rings. The van der Waals surface area contributed by atoms with E-state index in [-0.39, 0.29) is 23.4 Å². The number of nitrogens with one attached hydrogen (secondary N) is 1. The van der Waals surface area contributed by atoms with Crippen LogP contribution in [0.5, 0.6) is 17.2 Å². The Balaban J connectivity index is 1.68. The van der Waals surface area contributed by atoms with Crippen LogP contribution < -0.4 is 20.0 Å². The molecule has 2 aromatic carbocycles. The number of hydrogen-bond donors (Lipinski definition) is 1. The topological polar surface area (TPSA) is 126 Å². The van der Waals surface area contributed by atoms with Gasteiger partial charge in [-0.1, -0.05) is 23.4 Å². The van der Waals surface area contributed by atoms with Crippen molar-refractivity contribution in [1.82, 2.24) is 5.43 Å². The fourth-order valence-corrected chi connectivity index (χ4v) is 2.37. The van der Waals surface area contributed by atoms with Gasteiger partial charge in [0.2, 0.25) is 6.10 Å². The van der Waals surface area contributed by atoms with E-state index in [1.165, 1.54) is 13.0 Å². The number of nitro groups is 1. The van der Waals surface area contributed by atoms with Gasteiger partial charge in [-0.15, -0.1) is 0 Å². The van der Waals surface area contributed by atoms with Gasteiger partial charge in [0.15, 0.2) is 11.5 Å². The van der Waals surface area contributed by atoms with Crippen LogP contribution in [0, 0.1) is 17.0 Å². The number of benzene rings is 2. The molecular formula is C17H14N3O6-. The summed E-state index contributed by atoms with van der Waals surface area (Å²) in [7, 11) is 0.